The minimum atomic E-state index is 0.158. The van der Waals surface area contributed by atoms with Crippen LogP contribution in [0.4, 0.5) is 0 Å². The van der Waals surface area contributed by atoms with Gasteiger partial charge in [-0.15, -0.1) is 0 Å². The van der Waals surface area contributed by atoms with E-state index < -0.39 is 0 Å². The van der Waals surface area contributed by atoms with Crippen LogP contribution < -0.4 is 10.6 Å². The van der Waals surface area contributed by atoms with Crippen molar-refractivity contribution in [2.45, 2.75) is 45.1 Å². The summed E-state index contributed by atoms with van der Waals surface area (Å²) in [6.45, 7) is 3.63. The Morgan fingerprint density at radius 3 is 2.84 bits per heavy atom. The van der Waals surface area contributed by atoms with Gasteiger partial charge in [-0.05, 0) is 36.8 Å². The highest BCUT2D eigenvalue weighted by Crippen LogP contribution is 2.20. The van der Waals surface area contributed by atoms with Crippen molar-refractivity contribution in [1.82, 2.24) is 10.6 Å². The molecule has 0 radical (unpaired) electrons. The zero-order valence-electron chi connectivity index (χ0n) is 11.7. The molecule has 1 aliphatic rings. The average Bonchev–Trinajstić information content (AvgIpc) is 2.45. The van der Waals surface area contributed by atoms with Gasteiger partial charge in [-0.1, -0.05) is 31.2 Å². The second kappa shape index (κ2) is 7.29. The number of carbonyl (C=O) groups is 1. The van der Waals surface area contributed by atoms with Gasteiger partial charge in [0.1, 0.15) is 0 Å². The molecule has 1 aromatic rings. The van der Waals surface area contributed by atoms with Crippen LogP contribution in [-0.4, -0.2) is 25.0 Å². The molecule has 1 amide bonds. The molecule has 1 unspecified atom stereocenters. The van der Waals surface area contributed by atoms with Crippen LogP contribution in [0.1, 0.15) is 37.3 Å². The Labute approximate surface area is 115 Å². The molecule has 0 heterocycles. The molecule has 104 valence electrons. The third-order valence-corrected chi connectivity index (χ3v) is 3.70. The zero-order valence-corrected chi connectivity index (χ0v) is 11.7. The highest BCUT2D eigenvalue weighted by molar-refractivity contribution is 5.75. The van der Waals surface area contributed by atoms with Crippen molar-refractivity contribution in [3.05, 3.63) is 35.4 Å². The summed E-state index contributed by atoms with van der Waals surface area (Å²) in [7, 11) is 0. The molecule has 0 saturated heterocycles. The van der Waals surface area contributed by atoms with Gasteiger partial charge in [-0.3, -0.25) is 4.79 Å². The van der Waals surface area contributed by atoms with Crippen molar-refractivity contribution in [3.63, 3.8) is 0 Å². The predicted octanol–water partition coefficient (Wildman–Crippen LogP) is 2.05. The van der Waals surface area contributed by atoms with Crippen molar-refractivity contribution in [2.24, 2.45) is 0 Å². The number of aryl methyl sites for hydroxylation is 1. The Morgan fingerprint density at radius 1 is 1.26 bits per heavy atom. The summed E-state index contributed by atoms with van der Waals surface area (Å²) in [5.41, 5.74) is 2.95. The maximum Gasteiger partial charge on any atom is 0.221 e. The third kappa shape index (κ3) is 4.35. The number of fused-ring (bicyclic) bond motifs is 1. The van der Waals surface area contributed by atoms with E-state index in [1.807, 2.05) is 0 Å². The molecule has 0 fully saturated rings. The van der Waals surface area contributed by atoms with Crippen LogP contribution >= 0.6 is 0 Å². The number of nitrogens with one attached hydrogen (secondary N) is 2. The monoisotopic (exact) mass is 260 g/mol. The zero-order chi connectivity index (χ0) is 13.5. The van der Waals surface area contributed by atoms with Gasteiger partial charge in [-0.25, -0.2) is 0 Å². The summed E-state index contributed by atoms with van der Waals surface area (Å²) in [6.07, 6.45) is 4.99. The topological polar surface area (TPSA) is 41.1 Å². The lowest BCUT2D eigenvalue weighted by Gasteiger charge is -2.25. The maximum atomic E-state index is 11.5. The van der Waals surface area contributed by atoms with E-state index in [9.17, 15) is 4.79 Å². The lowest BCUT2D eigenvalue weighted by molar-refractivity contribution is -0.121. The van der Waals surface area contributed by atoms with Crippen LogP contribution in [0, 0.1) is 0 Å². The Kier molecular flexibility index (Phi) is 5.40. The third-order valence-electron chi connectivity index (χ3n) is 3.70. The minimum absolute atomic E-state index is 0.158. The number of amides is 1. The Balaban J connectivity index is 1.70. The van der Waals surface area contributed by atoms with E-state index in [1.165, 1.54) is 17.5 Å². The Morgan fingerprint density at radius 2 is 2.05 bits per heavy atom. The molecule has 0 saturated carbocycles. The van der Waals surface area contributed by atoms with Gasteiger partial charge in [0.05, 0.1) is 0 Å². The molecule has 3 heteroatoms. The molecular formula is C16H24N2O. The first-order chi connectivity index (χ1) is 9.29. The van der Waals surface area contributed by atoms with Gasteiger partial charge in [0.25, 0.3) is 0 Å². The summed E-state index contributed by atoms with van der Waals surface area (Å²) in [5, 5.41) is 6.42. The predicted molar refractivity (Wildman–Crippen MR) is 78.2 cm³/mol. The van der Waals surface area contributed by atoms with E-state index in [0.717, 1.165) is 32.4 Å². The molecule has 0 bridgehead atoms. The molecule has 0 aliphatic heterocycles. The highest BCUT2D eigenvalue weighted by atomic mass is 16.1. The van der Waals surface area contributed by atoms with Crippen molar-refractivity contribution in [2.75, 3.05) is 13.1 Å². The van der Waals surface area contributed by atoms with E-state index in [-0.39, 0.29) is 5.91 Å². The fraction of sp³-hybridized carbons (Fsp3) is 0.562. The van der Waals surface area contributed by atoms with Crippen LogP contribution in [0.15, 0.2) is 24.3 Å². The van der Waals surface area contributed by atoms with Gasteiger partial charge >= 0.3 is 0 Å². The standard InChI is InChI=1S/C16H24N2O/c1-2-10-18-16(19)9-11-17-15-8-7-13-5-3-4-6-14(13)12-15/h3-6,15,17H,2,7-12H2,1H3,(H,18,19). The molecule has 0 aromatic heterocycles. The largest absolute Gasteiger partial charge is 0.356 e. The summed E-state index contributed by atoms with van der Waals surface area (Å²) in [6, 6.07) is 9.19. The van der Waals surface area contributed by atoms with E-state index in [0.29, 0.717) is 12.5 Å². The van der Waals surface area contributed by atoms with Crippen LogP contribution in [0.25, 0.3) is 0 Å². The highest BCUT2D eigenvalue weighted by Gasteiger charge is 2.17. The van der Waals surface area contributed by atoms with Gasteiger partial charge in [0, 0.05) is 25.6 Å². The molecule has 3 nitrogen and oxygen atoms in total. The molecule has 0 spiro atoms. The normalized spacial score (nSPS) is 17.8. The summed E-state index contributed by atoms with van der Waals surface area (Å²) in [4.78, 5) is 11.5. The lowest BCUT2D eigenvalue weighted by atomic mass is 9.88. The second-order valence-electron chi connectivity index (χ2n) is 5.26. The molecule has 1 aromatic carbocycles. The van der Waals surface area contributed by atoms with Crippen LogP contribution in [0.3, 0.4) is 0 Å². The van der Waals surface area contributed by atoms with Gasteiger partial charge < -0.3 is 10.6 Å². The average molecular weight is 260 g/mol. The fourth-order valence-electron chi connectivity index (χ4n) is 2.61. The molecule has 1 aliphatic carbocycles. The lowest BCUT2D eigenvalue weighted by Crippen LogP contribution is -2.37. The smallest absolute Gasteiger partial charge is 0.221 e. The quantitative estimate of drug-likeness (QED) is 0.822. The van der Waals surface area contributed by atoms with Crippen molar-refractivity contribution in [3.8, 4) is 0 Å². The Hall–Kier alpha value is -1.35. The van der Waals surface area contributed by atoms with Crippen molar-refractivity contribution in [1.29, 1.82) is 0 Å². The Bertz CT molecular complexity index is 417. The number of hydrogen-bond donors (Lipinski definition) is 2. The first-order valence-electron chi connectivity index (χ1n) is 7.36. The maximum absolute atomic E-state index is 11.5. The van der Waals surface area contributed by atoms with E-state index in [4.69, 9.17) is 0 Å². The van der Waals surface area contributed by atoms with Crippen LogP contribution in [0.2, 0.25) is 0 Å². The van der Waals surface area contributed by atoms with Crippen molar-refractivity contribution >= 4 is 5.91 Å². The molecule has 19 heavy (non-hydrogen) atoms. The first-order valence-corrected chi connectivity index (χ1v) is 7.36. The van der Waals surface area contributed by atoms with Crippen LogP contribution in [0.5, 0.6) is 0 Å². The number of rotatable bonds is 6. The van der Waals surface area contributed by atoms with Gasteiger partial charge in [0.15, 0.2) is 0 Å². The minimum Gasteiger partial charge on any atom is -0.356 e. The van der Waals surface area contributed by atoms with Gasteiger partial charge in [-0.2, -0.15) is 0 Å². The molecule has 2 N–H and O–H groups in total. The summed E-state index contributed by atoms with van der Waals surface area (Å²) in [5.74, 6) is 0.158. The van der Waals surface area contributed by atoms with Crippen LogP contribution in [-0.2, 0) is 17.6 Å². The van der Waals surface area contributed by atoms with E-state index in [2.05, 4.69) is 41.8 Å². The summed E-state index contributed by atoms with van der Waals surface area (Å²) < 4.78 is 0. The first kappa shape index (κ1) is 14.1. The number of carbonyl (C=O) groups excluding carboxylic acids is 1. The summed E-state index contributed by atoms with van der Waals surface area (Å²) >= 11 is 0. The van der Waals surface area contributed by atoms with Gasteiger partial charge in [0.2, 0.25) is 5.91 Å². The number of benzene rings is 1. The van der Waals surface area contributed by atoms with E-state index in [1.54, 1.807) is 0 Å². The second-order valence-corrected chi connectivity index (χ2v) is 5.26. The molecular weight excluding hydrogens is 236 g/mol. The van der Waals surface area contributed by atoms with Crippen molar-refractivity contribution < 1.29 is 4.79 Å². The number of hydrogen-bond acceptors (Lipinski definition) is 2. The fourth-order valence-corrected chi connectivity index (χ4v) is 2.61. The SMILES string of the molecule is CCCNC(=O)CCNC1CCc2ccccc2C1. The van der Waals surface area contributed by atoms with E-state index >= 15 is 0 Å². The molecule has 2 rings (SSSR count). The molecule has 1 atom stereocenters.